The number of fused-ring (bicyclic) bond motifs is 2. The van der Waals surface area contributed by atoms with Gasteiger partial charge in [-0.1, -0.05) is 60.2 Å². The van der Waals surface area contributed by atoms with Crippen LogP contribution in [0.3, 0.4) is 0 Å². The molecule has 2 heterocycles. The van der Waals surface area contributed by atoms with Crippen molar-refractivity contribution < 1.29 is 4.79 Å². The maximum Gasteiger partial charge on any atom is 0.261 e. The topological polar surface area (TPSA) is 55.2 Å². The summed E-state index contributed by atoms with van der Waals surface area (Å²) in [6.45, 7) is 6.52. The molecule has 0 fully saturated rings. The lowest BCUT2D eigenvalue weighted by atomic mass is 9.95. The Morgan fingerprint density at radius 3 is 2.42 bits per heavy atom. The van der Waals surface area contributed by atoms with E-state index in [1.165, 1.54) is 0 Å². The highest BCUT2D eigenvalue weighted by Gasteiger charge is 2.39. The van der Waals surface area contributed by atoms with Gasteiger partial charge in [0.15, 0.2) is 0 Å². The number of anilines is 1. The average molecular weight is 438 g/mol. The van der Waals surface area contributed by atoms with Crippen molar-refractivity contribution in [2.45, 2.75) is 45.7 Å². The third kappa shape index (κ3) is 3.74. The average Bonchev–Trinajstić information content (AvgIpc) is 3.08. The molecular formula is C28H27N3O2. The third-order valence-corrected chi connectivity index (χ3v) is 6.38. The van der Waals surface area contributed by atoms with Gasteiger partial charge in [-0.05, 0) is 50.1 Å². The Balaban J connectivity index is 1.64. The number of nitrogens with zero attached hydrogens (tertiary/aromatic N) is 3. The number of hydrogen-bond donors (Lipinski definition) is 0. The number of para-hydroxylation sites is 1. The maximum absolute atomic E-state index is 13.5. The van der Waals surface area contributed by atoms with E-state index in [-0.39, 0.29) is 23.4 Å². The first-order valence-corrected chi connectivity index (χ1v) is 11.4. The molecule has 0 spiro atoms. The first-order chi connectivity index (χ1) is 15.9. The lowest BCUT2D eigenvalue weighted by Gasteiger charge is -2.22. The highest BCUT2D eigenvalue weighted by atomic mass is 16.2. The number of carbonyl (C=O) groups excluding carboxylic acids is 1. The van der Waals surface area contributed by atoms with Crippen LogP contribution >= 0.6 is 0 Å². The van der Waals surface area contributed by atoms with Gasteiger partial charge < -0.3 is 4.90 Å². The van der Waals surface area contributed by atoms with Gasteiger partial charge in [0.05, 0.1) is 23.4 Å². The summed E-state index contributed by atoms with van der Waals surface area (Å²) in [5.41, 5.74) is 4.71. The molecule has 0 saturated carbocycles. The van der Waals surface area contributed by atoms with Crippen LogP contribution in [0.15, 0.2) is 77.6 Å². The zero-order valence-electron chi connectivity index (χ0n) is 19.2. The molecule has 0 saturated heterocycles. The molecule has 5 nitrogen and oxygen atoms in total. The van der Waals surface area contributed by atoms with Crippen LogP contribution in [0.1, 0.15) is 42.3 Å². The van der Waals surface area contributed by atoms with E-state index >= 15 is 0 Å². The fourth-order valence-electron chi connectivity index (χ4n) is 4.80. The quantitative estimate of drug-likeness (QED) is 0.449. The van der Waals surface area contributed by atoms with Crippen LogP contribution in [-0.2, 0) is 17.8 Å². The number of amides is 1. The van der Waals surface area contributed by atoms with Crippen molar-refractivity contribution >= 4 is 22.5 Å². The van der Waals surface area contributed by atoms with Crippen molar-refractivity contribution in [3.05, 3.63) is 106 Å². The molecule has 1 amide bonds. The Hall–Kier alpha value is -3.73. The van der Waals surface area contributed by atoms with Gasteiger partial charge in [0, 0.05) is 18.2 Å². The largest absolute Gasteiger partial charge is 0.309 e. The van der Waals surface area contributed by atoms with E-state index in [0.717, 1.165) is 22.4 Å². The first kappa shape index (κ1) is 21.1. The molecule has 5 heteroatoms. The van der Waals surface area contributed by atoms with Crippen LogP contribution in [0.5, 0.6) is 0 Å². The van der Waals surface area contributed by atoms with E-state index in [4.69, 9.17) is 4.98 Å². The monoisotopic (exact) mass is 437 g/mol. The summed E-state index contributed by atoms with van der Waals surface area (Å²) in [5.74, 6) is 0.343. The second kappa shape index (κ2) is 8.32. The van der Waals surface area contributed by atoms with Gasteiger partial charge in [0.25, 0.3) is 5.56 Å². The van der Waals surface area contributed by atoms with E-state index in [9.17, 15) is 9.59 Å². The molecule has 0 bridgehead atoms. The summed E-state index contributed by atoms with van der Waals surface area (Å²) in [7, 11) is 0. The fraction of sp³-hybridized carbons (Fsp3) is 0.250. The van der Waals surface area contributed by atoms with Gasteiger partial charge in [0.1, 0.15) is 5.82 Å². The van der Waals surface area contributed by atoms with E-state index in [0.29, 0.717) is 29.7 Å². The minimum atomic E-state index is -0.364. The molecule has 0 unspecified atom stereocenters. The van der Waals surface area contributed by atoms with Crippen molar-refractivity contribution in [1.82, 2.24) is 9.55 Å². The minimum absolute atomic E-state index is 0.0556. The predicted octanol–water partition coefficient (Wildman–Crippen LogP) is 4.83. The first-order valence-electron chi connectivity index (χ1n) is 11.4. The molecular weight excluding hydrogens is 410 g/mol. The summed E-state index contributed by atoms with van der Waals surface area (Å²) in [6, 6.07) is 23.6. The fourth-order valence-corrected chi connectivity index (χ4v) is 4.80. The van der Waals surface area contributed by atoms with Crippen LogP contribution < -0.4 is 10.5 Å². The van der Waals surface area contributed by atoms with Gasteiger partial charge in [-0.2, -0.15) is 0 Å². The summed E-state index contributed by atoms with van der Waals surface area (Å²) in [5, 5.41) is 0.593. The summed E-state index contributed by atoms with van der Waals surface area (Å²) in [6.07, 6.45) is 0.380. The summed E-state index contributed by atoms with van der Waals surface area (Å²) < 4.78 is 1.73. The molecule has 0 N–H and O–H groups in total. The molecule has 1 aliphatic rings. The number of rotatable bonds is 5. The smallest absolute Gasteiger partial charge is 0.261 e. The molecule has 3 aromatic carbocycles. The number of aromatic nitrogens is 2. The number of hydrogen-bond acceptors (Lipinski definition) is 3. The van der Waals surface area contributed by atoms with Crippen molar-refractivity contribution in [2.75, 3.05) is 4.90 Å². The van der Waals surface area contributed by atoms with Gasteiger partial charge in [-0.3, -0.25) is 14.2 Å². The Morgan fingerprint density at radius 1 is 0.939 bits per heavy atom. The standard InChI is InChI=1S/C28H27N3O2/c1-18(2)31-25-14-13-19(3)15-22(25)23(28(31)33)16-26-29-24-12-8-7-11-21(24)27(32)30(26)17-20-9-5-4-6-10-20/h4-15,18,23H,16-17H2,1-3H3/t23-/m1/s1. The third-order valence-electron chi connectivity index (χ3n) is 6.38. The van der Waals surface area contributed by atoms with Crippen molar-refractivity contribution in [3.8, 4) is 0 Å². The van der Waals surface area contributed by atoms with Gasteiger partial charge in [-0.15, -0.1) is 0 Å². The summed E-state index contributed by atoms with van der Waals surface area (Å²) in [4.78, 5) is 33.8. The van der Waals surface area contributed by atoms with E-state index in [2.05, 4.69) is 6.07 Å². The van der Waals surface area contributed by atoms with Crippen molar-refractivity contribution in [3.63, 3.8) is 0 Å². The normalized spacial score (nSPS) is 15.5. The zero-order valence-corrected chi connectivity index (χ0v) is 19.2. The van der Waals surface area contributed by atoms with Crippen LogP contribution in [-0.4, -0.2) is 21.5 Å². The van der Waals surface area contributed by atoms with Gasteiger partial charge >= 0.3 is 0 Å². The maximum atomic E-state index is 13.5. The Bertz CT molecular complexity index is 1410. The van der Waals surface area contributed by atoms with Crippen LogP contribution in [0.4, 0.5) is 5.69 Å². The Kier molecular flexibility index (Phi) is 5.33. The molecule has 0 radical (unpaired) electrons. The predicted molar refractivity (Wildman–Crippen MR) is 132 cm³/mol. The van der Waals surface area contributed by atoms with Gasteiger partial charge in [0.2, 0.25) is 5.91 Å². The Morgan fingerprint density at radius 2 is 1.67 bits per heavy atom. The van der Waals surface area contributed by atoms with Crippen molar-refractivity contribution in [2.24, 2.45) is 0 Å². The number of aryl methyl sites for hydroxylation is 1. The van der Waals surface area contributed by atoms with E-state index in [1.807, 2.05) is 92.4 Å². The second-order valence-electron chi connectivity index (χ2n) is 9.04. The molecule has 1 aliphatic heterocycles. The minimum Gasteiger partial charge on any atom is -0.309 e. The van der Waals surface area contributed by atoms with Crippen LogP contribution in [0, 0.1) is 6.92 Å². The molecule has 4 aromatic rings. The number of benzene rings is 3. The molecule has 33 heavy (non-hydrogen) atoms. The van der Waals surface area contributed by atoms with Crippen LogP contribution in [0.2, 0.25) is 0 Å². The van der Waals surface area contributed by atoms with E-state index < -0.39 is 0 Å². The highest BCUT2D eigenvalue weighted by Crippen LogP contribution is 2.40. The molecule has 5 rings (SSSR count). The number of carbonyl (C=O) groups is 1. The molecule has 1 atom stereocenters. The molecule has 0 aliphatic carbocycles. The second-order valence-corrected chi connectivity index (χ2v) is 9.04. The zero-order chi connectivity index (χ0) is 23.1. The molecule has 166 valence electrons. The lowest BCUT2D eigenvalue weighted by molar-refractivity contribution is -0.119. The SMILES string of the molecule is Cc1ccc2c(c1)[C@@H](Cc1nc3ccccc3c(=O)n1Cc1ccccc1)C(=O)N2C(C)C. The Labute approximate surface area is 193 Å². The van der Waals surface area contributed by atoms with Crippen molar-refractivity contribution in [1.29, 1.82) is 0 Å². The van der Waals surface area contributed by atoms with E-state index in [1.54, 1.807) is 4.57 Å². The highest BCUT2D eigenvalue weighted by molar-refractivity contribution is 6.05. The summed E-state index contributed by atoms with van der Waals surface area (Å²) >= 11 is 0. The van der Waals surface area contributed by atoms with Crippen LogP contribution in [0.25, 0.3) is 10.9 Å². The molecule has 1 aromatic heterocycles. The lowest BCUT2D eigenvalue weighted by Crippen LogP contribution is -2.36. The van der Waals surface area contributed by atoms with Gasteiger partial charge in [-0.25, -0.2) is 4.98 Å².